The number of anilines is 4. The number of rotatable bonds is 9. The highest BCUT2D eigenvalue weighted by atomic mass is 19.1. The van der Waals surface area contributed by atoms with Crippen LogP contribution in [0.2, 0.25) is 0 Å². The number of hydrogen-bond donors (Lipinski definition) is 2. The first-order chi connectivity index (χ1) is 16.1. The zero-order valence-corrected chi connectivity index (χ0v) is 19.3. The van der Waals surface area contributed by atoms with Gasteiger partial charge in [0.25, 0.3) is 0 Å². The topological polar surface area (TPSA) is 107 Å². The summed E-state index contributed by atoms with van der Waals surface area (Å²) < 4.78 is 12.9. The van der Waals surface area contributed by atoms with Gasteiger partial charge in [0.2, 0.25) is 11.8 Å². The Hall–Kier alpha value is -3.75. The molecule has 2 amide bonds. The number of fused-ring (bicyclic) bond motifs is 2. The highest BCUT2D eigenvalue weighted by Gasteiger charge is 2.35. The van der Waals surface area contributed by atoms with Gasteiger partial charge in [0, 0.05) is 19.4 Å². The molecule has 2 aromatic rings. The molecule has 1 aliphatic rings. The second-order valence-electron chi connectivity index (χ2n) is 8.58. The number of aliphatic carboxylic acids is 1. The van der Waals surface area contributed by atoms with Crippen molar-refractivity contribution in [1.82, 2.24) is 5.32 Å². The van der Waals surface area contributed by atoms with E-state index >= 15 is 0 Å². The molecule has 0 aromatic heterocycles. The van der Waals surface area contributed by atoms with Crippen molar-refractivity contribution in [1.29, 1.82) is 0 Å². The van der Waals surface area contributed by atoms with E-state index in [-0.39, 0.29) is 18.2 Å². The second-order valence-corrected chi connectivity index (χ2v) is 8.58. The molecule has 2 atom stereocenters. The lowest BCUT2D eigenvalue weighted by Crippen LogP contribution is -2.47. The summed E-state index contributed by atoms with van der Waals surface area (Å²) in [6, 6.07) is 13.4. The van der Waals surface area contributed by atoms with Gasteiger partial charge in [-0.2, -0.15) is 0 Å². The summed E-state index contributed by atoms with van der Waals surface area (Å²) in [5, 5.41) is 11.4. The molecule has 180 valence electrons. The Morgan fingerprint density at radius 2 is 1.41 bits per heavy atom. The van der Waals surface area contributed by atoms with Gasteiger partial charge in [-0.3, -0.25) is 24.1 Å². The van der Waals surface area contributed by atoms with Crippen LogP contribution >= 0.6 is 0 Å². The van der Waals surface area contributed by atoms with Crippen molar-refractivity contribution in [3.05, 3.63) is 48.5 Å². The van der Waals surface area contributed by atoms with E-state index < -0.39 is 42.7 Å². The molecule has 0 aliphatic carbocycles. The van der Waals surface area contributed by atoms with Crippen LogP contribution in [-0.4, -0.2) is 48.4 Å². The average molecular weight is 470 g/mol. The molecule has 0 bridgehead atoms. The number of hydrogen-bond acceptors (Lipinski definition) is 5. The van der Waals surface area contributed by atoms with Gasteiger partial charge < -0.3 is 15.3 Å². The number of Topliss-reactive ketones (excluding diaryl/α,β-unsaturated/α-hetero) is 1. The third-order valence-corrected chi connectivity index (χ3v) is 5.97. The summed E-state index contributed by atoms with van der Waals surface area (Å²) >= 11 is 0. The lowest BCUT2D eigenvalue weighted by Gasteiger charge is -2.38. The molecule has 8 nitrogen and oxygen atoms in total. The van der Waals surface area contributed by atoms with Crippen molar-refractivity contribution < 1.29 is 28.7 Å². The van der Waals surface area contributed by atoms with Gasteiger partial charge in [-0.1, -0.05) is 38.1 Å². The van der Waals surface area contributed by atoms with Gasteiger partial charge in [0.15, 0.2) is 5.78 Å². The summed E-state index contributed by atoms with van der Waals surface area (Å²) in [7, 11) is 1.91. The Kier molecular flexibility index (Phi) is 7.65. The quantitative estimate of drug-likeness (QED) is 0.581. The molecule has 34 heavy (non-hydrogen) atoms. The number of carbonyl (C=O) groups is 4. The van der Waals surface area contributed by atoms with E-state index in [0.29, 0.717) is 11.4 Å². The van der Waals surface area contributed by atoms with Crippen LogP contribution in [0.15, 0.2) is 48.5 Å². The third kappa shape index (κ3) is 5.08. The highest BCUT2D eigenvalue weighted by molar-refractivity contribution is 6.10. The number of ketones is 1. The monoisotopic (exact) mass is 469 g/mol. The van der Waals surface area contributed by atoms with Gasteiger partial charge in [-0.25, -0.2) is 4.39 Å². The first kappa shape index (κ1) is 24.9. The Balaban J connectivity index is 1.89. The number of benzene rings is 2. The number of amides is 2. The van der Waals surface area contributed by atoms with Crippen LogP contribution in [0.4, 0.5) is 27.1 Å². The number of carboxylic acid groups (broad SMARTS) is 1. The van der Waals surface area contributed by atoms with E-state index in [1.807, 2.05) is 60.5 Å². The van der Waals surface area contributed by atoms with E-state index in [2.05, 4.69) is 5.32 Å². The standard InChI is InChI=1S/C25H28FN3O5/c1-15(2)16(25(34)27-17(13-24(32)33)22(30)14-26)12-23(31)29-20-10-6-4-8-18(20)28(3)19-9-5-7-11-21(19)29/h4-11,15-17H,12-14H2,1-3H3,(H,27,34)(H,32,33)/t16-,17?/m1/s1. The third-order valence-electron chi connectivity index (χ3n) is 5.97. The maximum Gasteiger partial charge on any atom is 0.305 e. The van der Waals surface area contributed by atoms with Crippen molar-refractivity contribution in [2.24, 2.45) is 11.8 Å². The summed E-state index contributed by atoms with van der Waals surface area (Å²) in [4.78, 5) is 53.1. The predicted octanol–water partition coefficient (Wildman–Crippen LogP) is 3.59. The fraction of sp³-hybridized carbons (Fsp3) is 0.360. The zero-order chi connectivity index (χ0) is 25.0. The first-order valence-corrected chi connectivity index (χ1v) is 11.0. The zero-order valence-electron chi connectivity index (χ0n) is 19.3. The molecule has 2 N–H and O–H groups in total. The van der Waals surface area contributed by atoms with Crippen LogP contribution in [0.25, 0.3) is 0 Å². The van der Waals surface area contributed by atoms with Crippen molar-refractivity contribution in [2.75, 3.05) is 23.5 Å². The van der Waals surface area contributed by atoms with Crippen molar-refractivity contribution >= 4 is 46.3 Å². The molecule has 3 rings (SSSR count). The molecule has 0 saturated carbocycles. The first-order valence-electron chi connectivity index (χ1n) is 11.0. The maximum atomic E-state index is 13.6. The smallest absolute Gasteiger partial charge is 0.305 e. The number of halogens is 1. The minimum absolute atomic E-state index is 0.181. The van der Waals surface area contributed by atoms with Gasteiger partial charge in [0.1, 0.15) is 12.7 Å². The molecular weight excluding hydrogens is 441 g/mol. The van der Waals surface area contributed by atoms with Crippen LogP contribution in [-0.2, 0) is 19.2 Å². The fourth-order valence-corrected chi connectivity index (χ4v) is 4.10. The Bertz CT molecular complexity index is 1060. The summed E-state index contributed by atoms with van der Waals surface area (Å²) in [6.07, 6.45) is -0.911. The lowest BCUT2D eigenvalue weighted by molar-refractivity contribution is -0.141. The number of carboxylic acids is 1. The molecule has 0 fully saturated rings. The SMILES string of the molecule is CC(C)[C@@H](CC(=O)N1c2ccccc2N(C)c2ccccc21)C(=O)NC(CC(=O)O)C(=O)CF. The van der Waals surface area contributed by atoms with E-state index in [0.717, 1.165) is 11.4 Å². The van der Waals surface area contributed by atoms with Gasteiger partial charge in [0.05, 0.1) is 29.2 Å². The largest absolute Gasteiger partial charge is 0.481 e. The number of nitrogens with one attached hydrogen (secondary N) is 1. The Morgan fingerprint density at radius 1 is 0.912 bits per heavy atom. The van der Waals surface area contributed by atoms with Crippen molar-refractivity contribution in [3.8, 4) is 0 Å². The van der Waals surface area contributed by atoms with Crippen LogP contribution in [0.1, 0.15) is 26.7 Å². The van der Waals surface area contributed by atoms with Gasteiger partial charge in [-0.05, 0) is 30.2 Å². The summed E-state index contributed by atoms with van der Waals surface area (Å²) in [5.74, 6) is -4.50. The van der Waals surface area contributed by atoms with Gasteiger partial charge >= 0.3 is 5.97 Å². The molecule has 9 heteroatoms. The molecule has 1 aliphatic heterocycles. The number of nitrogens with zero attached hydrogens (tertiary/aromatic N) is 2. The number of para-hydroxylation sites is 4. The van der Waals surface area contributed by atoms with E-state index in [1.165, 1.54) is 0 Å². The molecule has 0 radical (unpaired) electrons. The lowest BCUT2D eigenvalue weighted by atomic mass is 9.90. The van der Waals surface area contributed by atoms with Crippen LogP contribution < -0.4 is 15.1 Å². The van der Waals surface area contributed by atoms with Crippen molar-refractivity contribution in [2.45, 2.75) is 32.7 Å². The number of carbonyl (C=O) groups excluding carboxylic acids is 3. The summed E-state index contributed by atoms with van der Waals surface area (Å²) in [6.45, 7) is 2.12. The summed E-state index contributed by atoms with van der Waals surface area (Å²) in [5.41, 5.74) is 3.01. The molecule has 1 unspecified atom stereocenters. The van der Waals surface area contributed by atoms with Gasteiger partial charge in [-0.15, -0.1) is 0 Å². The van der Waals surface area contributed by atoms with Crippen molar-refractivity contribution in [3.63, 3.8) is 0 Å². The highest BCUT2D eigenvalue weighted by Crippen LogP contribution is 2.47. The second kappa shape index (κ2) is 10.5. The Labute approximate surface area is 197 Å². The van der Waals surface area contributed by atoms with Crippen LogP contribution in [0, 0.1) is 11.8 Å². The molecule has 0 spiro atoms. The van der Waals surface area contributed by atoms with E-state index in [1.54, 1.807) is 18.7 Å². The molecule has 1 heterocycles. The minimum atomic E-state index is -1.49. The average Bonchev–Trinajstić information content (AvgIpc) is 2.81. The maximum absolute atomic E-state index is 13.6. The van der Waals surface area contributed by atoms with Crippen LogP contribution in [0.3, 0.4) is 0 Å². The minimum Gasteiger partial charge on any atom is -0.481 e. The molecule has 2 aromatic carbocycles. The molecular formula is C25H28FN3O5. The normalized spacial score (nSPS) is 14.1. The van der Waals surface area contributed by atoms with E-state index in [9.17, 15) is 23.6 Å². The van der Waals surface area contributed by atoms with E-state index in [4.69, 9.17) is 5.11 Å². The fourth-order valence-electron chi connectivity index (χ4n) is 4.10. The Morgan fingerprint density at radius 3 is 1.85 bits per heavy atom. The predicted molar refractivity (Wildman–Crippen MR) is 126 cm³/mol. The van der Waals surface area contributed by atoms with Crippen LogP contribution in [0.5, 0.6) is 0 Å². The number of alkyl halides is 1. The molecule has 0 saturated heterocycles.